The number of rotatable bonds is 7. The van der Waals surface area contributed by atoms with Crippen LogP contribution in [0.5, 0.6) is 5.75 Å². The molecule has 1 amide bonds. The number of methoxy groups -OCH3 is 1. The molecule has 1 rings (SSSR count). The van der Waals surface area contributed by atoms with Gasteiger partial charge in [-0.3, -0.25) is 4.79 Å². The van der Waals surface area contributed by atoms with Gasteiger partial charge in [-0.15, -0.1) is 0 Å². The molecular weight excluding hydrogens is 246 g/mol. The summed E-state index contributed by atoms with van der Waals surface area (Å²) < 4.78 is 5.10. The lowest BCUT2D eigenvalue weighted by Crippen LogP contribution is -2.40. The van der Waals surface area contributed by atoms with Crippen molar-refractivity contribution in [3.8, 4) is 5.75 Å². The second-order valence-electron chi connectivity index (χ2n) is 4.22. The molecule has 0 heterocycles. The number of carbonyl (C=O) groups is 2. The molecule has 0 aromatic heterocycles. The normalized spacial score (nSPS) is 11.7. The van der Waals surface area contributed by atoms with Gasteiger partial charge in [0.05, 0.1) is 7.11 Å². The van der Waals surface area contributed by atoms with Crippen molar-refractivity contribution >= 4 is 11.9 Å². The molecule has 0 radical (unpaired) electrons. The SMILES string of the molecule is CCC(NC(=O)CCc1cccc(OC)c1)C(=O)O. The number of benzene rings is 1. The molecule has 0 saturated heterocycles. The van der Waals surface area contributed by atoms with Crippen LogP contribution in [0.3, 0.4) is 0 Å². The van der Waals surface area contributed by atoms with Crippen molar-refractivity contribution in [2.45, 2.75) is 32.2 Å². The monoisotopic (exact) mass is 265 g/mol. The summed E-state index contributed by atoms with van der Waals surface area (Å²) in [5, 5.41) is 11.3. The molecule has 1 aromatic carbocycles. The number of hydrogen-bond donors (Lipinski definition) is 2. The van der Waals surface area contributed by atoms with E-state index >= 15 is 0 Å². The van der Waals surface area contributed by atoms with E-state index in [1.165, 1.54) is 0 Å². The summed E-state index contributed by atoms with van der Waals surface area (Å²) in [5.74, 6) is -0.510. The molecule has 0 aliphatic heterocycles. The molecule has 0 saturated carbocycles. The average molecular weight is 265 g/mol. The van der Waals surface area contributed by atoms with Crippen LogP contribution in [0.4, 0.5) is 0 Å². The van der Waals surface area contributed by atoms with Gasteiger partial charge in [0.2, 0.25) is 5.91 Å². The maximum Gasteiger partial charge on any atom is 0.326 e. The van der Waals surface area contributed by atoms with E-state index in [-0.39, 0.29) is 12.3 Å². The molecule has 0 fully saturated rings. The van der Waals surface area contributed by atoms with Crippen LogP contribution in [0.15, 0.2) is 24.3 Å². The largest absolute Gasteiger partial charge is 0.497 e. The number of carboxylic acid groups (broad SMARTS) is 1. The van der Waals surface area contributed by atoms with Crippen LogP contribution in [0.1, 0.15) is 25.3 Å². The lowest BCUT2D eigenvalue weighted by atomic mass is 10.1. The molecule has 0 bridgehead atoms. The van der Waals surface area contributed by atoms with Gasteiger partial charge in [-0.25, -0.2) is 4.79 Å². The number of carboxylic acids is 1. The van der Waals surface area contributed by atoms with Gasteiger partial charge in [0.25, 0.3) is 0 Å². The lowest BCUT2D eigenvalue weighted by molar-refractivity contribution is -0.141. The van der Waals surface area contributed by atoms with Crippen molar-refractivity contribution < 1.29 is 19.4 Å². The van der Waals surface area contributed by atoms with Crippen molar-refractivity contribution in [2.24, 2.45) is 0 Å². The number of aliphatic carboxylic acids is 1. The maximum absolute atomic E-state index is 11.6. The summed E-state index contributed by atoms with van der Waals surface area (Å²) in [6.07, 6.45) is 1.19. The van der Waals surface area contributed by atoms with Gasteiger partial charge in [0.1, 0.15) is 11.8 Å². The zero-order chi connectivity index (χ0) is 14.3. The first-order valence-corrected chi connectivity index (χ1v) is 6.22. The molecule has 5 heteroatoms. The maximum atomic E-state index is 11.6. The van der Waals surface area contributed by atoms with Crippen LogP contribution >= 0.6 is 0 Å². The Kier molecular flexibility index (Phi) is 5.85. The third-order valence-electron chi connectivity index (χ3n) is 2.82. The summed E-state index contributed by atoms with van der Waals surface area (Å²) in [7, 11) is 1.59. The number of hydrogen-bond acceptors (Lipinski definition) is 3. The number of aryl methyl sites for hydroxylation is 1. The first kappa shape index (κ1) is 15.0. The Bertz CT molecular complexity index is 445. The topological polar surface area (TPSA) is 75.6 Å². The van der Waals surface area contributed by atoms with E-state index in [4.69, 9.17) is 9.84 Å². The van der Waals surface area contributed by atoms with Gasteiger partial charge >= 0.3 is 5.97 Å². The minimum Gasteiger partial charge on any atom is -0.497 e. The van der Waals surface area contributed by atoms with E-state index in [1.54, 1.807) is 14.0 Å². The molecule has 0 spiro atoms. The first-order valence-electron chi connectivity index (χ1n) is 6.22. The molecule has 1 aromatic rings. The van der Waals surface area contributed by atoms with Gasteiger partial charge in [0, 0.05) is 6.42 Å². The second-order valence-corrected chi connectivity index (χ2v) is 4.22. The van der Waals surface area contributed by atoms with E-state index in [9.17, 15) is 9.59 Å². The van der Waals surface area contributed by atoms with E-state index in [2.05, 4.69) is 5.32 Å². The first-order chi connectivity index (χ1) is 9.06. The third-order valence-corrected chi connectivity index (χ3v) is 2.82. The predicted molar refractivity (Wildman–Crippen MR) is 71.2 cm³/mol. The van der Waals surface area contributed by atoms with E-state index in [0.29, 0.717) is 12.8 Å². The summed E-state index contributed by atoms with van der Waals surface area (Å²) in [6.45, 7) is 1.72. The third kappa shape index (κ3) is 4.99. The van der Waals surface area contributed by atoms with Gasteiger partial charge in [-0.2, -0.15) is 0 Å². The van der Waals surface area contributed by atoms with Crippen molar-refractivity contribution in [1.29, 1.82) is 0 Å². The molecule has 0 aliphatic rings. The van der Waals surface area contributed by atoms with Crippen molar-refractivity contribution in [2.75, 3.05) is 7.11 Å². The van der Waals surface area contributed by atoms with Crippen molar-refractivity contribution in [3.63, 3.8) is 0 Å². The quantitative estimate of drug-likeness (QED) is 0.785. The summed E-state index contributed by atoms with van der Waals surface area (Å²) in [5.41, 5.74) is 0.984. The highest BCUT2D eigenvalue weighted by Crippen LogP contribution is 2.13. The van der Waals surface area contributed by atoms with E-state index < -0.39 is 12.0 Å². The van der Waals surface area contributed by atoms with E-state index in [1.807, 2.05) is 24.3 Å². The minimum atomic E-state index is -1.00. The van der Waals surface area contributed by atoms with Crippen LogP contribution < -0.4 is 10.1 Å². The Morgan fingerprint density at radius 2 is 2.16 bits per heavy atom. The van der Waals surface area contributed by atoms with Gasteiger partial charge < -0.3 is 15.2 Å². The standard InChI is InChI=1S/C14H19NO4/c1-3-12(14(17)18)15-13(16)8-7-10-5-4-6-11(9-10)19-2/h4-6,9,12H,3,7-8H2,1-2H3,(H,15,16)(H,17,18). The fourth-order valence-corrected chi connectivity index (χ4v) is 1.69. The van der Waals surface area contributed by atoms with Crippen LogP contribution in [-0.2, 0) is 16.0 Å². The summed E-state index contributed by atoms with van der Waals surface area (Å²) >= 11 is 0. The van der Waals surface area contributed by atoms with Crippen molar-refractivity contribution in [1.82, 2.24) is 5.32 Å². The Morgan fingerprint density at radius 1 is 1.42 bits per heavy atom. The summed E-state index contributed by atoms with van der Waals surface area (Å²) in [6, 6.07) is 6.66. The molecule has 19 heavy (non-hydrogen) atoms. The highest BCUT2D eigenvalue weighted by atomic mass is 16.5. The zero-order valence-corrected chi connectivity index (χ0v) is 11.2. The van der Waals surface area contributed by atoms with E-state index in [0.717, 1.165) is 11.3 Å². The average Bonchev–Trinajstić information content (AvgIpc) is 2.42. The van der Waals surface area contributed by atoms with Crippen molar-refractivity contribution in [3.05, 3.63) is 29.8 Å². The lowest BCUT2D eigenvalue weighted by Gasteiger charge is -2.12. The van der Waals surface area contributed by atoms with Crippen LogP contribution in [0.25, 0.3) is 0 Å². The Hall–Kier alpha value is -2.04. The Balaban J connectivity index is 2.47. The molecule has 1 unspecified atom stereocenters. The number of amides is 1. The highest BCUT2D eigenvalue weighted by Gasteiger charge is 2.17. The number of ether oxygens (including phenoxy) is 1. The molecule has 1 atom stereocenters. The molecule has 104 valence electrons. The predicted octanol–water partition coefficient (Wildman–Crippen LogP) is 1.61. The molecule has 2 N–H and O–H groups in total. The molecule has 5 nitrogen and oxygen atoms in total. The fraction of sp³-hybridized carbons (Fsp3) is 0.429. The molecule has 0 aliphatic carbocycles. The summed E-state index contributed by atoms with van der Waals surface area (Å²) in [4.78, 5) is 22.4. The fourth-order valence-electron chi connectivity index (χ4n) is 1.69. The van der Waals surface area contributed by atoms with Crippen LogP contribution in [-0.4, -0.2) is 30.1 Å². The Labute approximate surface area is 112 Å². The van der Waals surface area contributed by atoms with Gasteiger partial charge in [-0.05, 0) is 30.5 Å². The second kappa shape index (κ2) is 7.41. The minimum absolute atomic E-state index is 0.253. The number of carbonyl (C=O) groups excluding carboxylic acids is 1. The van der Waals surface area contributed by atoms with Gasteiger partial charge in [0.15, 0.2) is 0 Å². The zero-order valence-electron chi connectivity index (χ0n) is 11.2. The smallest absolute Gasteiger partial charge is 0.326 e. The number of nitrogens with one attached hydrogen (secondary N) is 1. The molecular formula is C14H19NO4. The Morgan fingerprint density at radius 3 is 2.74 bits per heavy atom. The van der Waals surface area contributed by atoms with Crippen LogP contribution in [0.2, 0.25) is 0 Å². The van der Waals surface area contributed by atoms with Gasteiger partial charge in [-0.1, -0.05) is 19.1 Å². The highest BCUT2D eigenvalue weighted by molar-refractivity contribution is 5.83. The van der Waals surface area contributed by atoms with Crippen LogP contribution in [0, 0.1) is 0 Å².